The quantitative estimate of drug-likeness (QED) is 0.407. The maximum absolute atomic E-state index is 11.1. The predicted octanol–water partition coefficient (Wildman–Crippen LogP) is 6.91. The highest BCUT2D eigenvalue weighted by molar-refractivity contribution is 7.98. The van der Waals surface area contributed by atoms with Gasteiger partial charge in [0, 0.05) is 10.6 Å². The number of benzene rings is 2. The molecule has 1 aliphatic rings. The summed E-state index contributed by atoms with van der Waals surface area (Å²) in [6.45, 7) is 11.2. The Balaban J connectivity index is 1.73. The predicted molar refractivity (Wildman–Crippen MR) is 126 cm³/mol. The average Bonchev–Trinajstić information content (AvgIpc) is 2.70. The van der Waals surface area contributed by atoms with E-state index in [1.165, 1.54) is 34.4 Å². The van der Waals surface area contributed by atoms with Crippen LogP contribution in [0.15, 0.2) is 47.4 Å². The Kier molecular flexibility index (Phi) is 6.68. The number of aliphatic carboxylic acids is 1. The van der Waals surface area contributed by atoms with Crippen LogP contribution in [-0.2, 0) is 21.4 Å². The van der Waals surface area contributed by atoms with Crippen LogP contribution >= 0.6 is 11.8 Å². The van der Waals surface area contributed by atoms with Crippen molar-refractivity contribution in [2.75, 3.05) is 0 Å². The van der Waals surface area contributed by atoms with Gasteiger partial charge in [0.05, 0.1) is 12.3 Å². The van der Waals surface area contributed by atoms with E-state index in [1.54, 1.807) is 6.92 Å². The van der Waals surface area contributed by atoms with Crippen LogP contribution in [0.4, 0.5) is 0 Å². The second-order valence-corrected chi connectivity index (χ2v) is 10.6. The summed E-state index contributed by atoms with van der Waals surface area (Å²) in [5.74, 6) is 5.72. The van der Waals surface area contributed by atoms with Crippen molar-refractivity contribution in [1.29, 1.82) is 0 Å². The number of carbonyl (C=O) groups is 1. The van der Waals surface area contributed by atoms with Gasteiger partial charge in [0.15, 0.2) is 0 Å². The van der Waals surface area contributed by atoms with E-state index in [4.69, 9.17) is 5.11 Å². The molecule has 0 saturated carbocycles. The van der Waals surface area contributed by atoms with E-state index >= 15 is 0 Å². The van der Waals surface area contributed by atoms with Gasteiger partial charge >= 0.3 is 5.97 Å². The number of carboxylic acid groups (broad SMARTS) is 1. The van der Waals surface area contributed by atoms with Crippen molar-refractivity contribution >= 4 is 17.7 Å². The van der Waals surface area contributed by atoms with Crippen LogP contribution in [0.1, 0.15) is 82.1 Å². The van der Waals surface area contributed by atoms with E-state index < -0.39 is 5.97 Å². The number of carboxylic acids is 1. The maximum Gasteiger partial charge on any atom is 0.304 e. The highest BCUT2D eigenvalue weighted by Crippen LogP contribution is 2.46. The molecule has 0 aromatic heterocycles. The largest absolute Gasteiger partial charge is 0.481 e. The molecule has 30 heavy (non-hydrogen) atoms. The summed E-state index contributed by atoms with van der Waals surface area (Å²) in [5, 5.41) is 9.12. The Morgan fingerprint density at radius 1 is 1.03 bits per heavy atom. The standard InChI is InChI=1S/C27H32O2S/c1-6-7-21(17-25(28)29)20-9-11-22(12-10-20)30-18-19-8-13-23-24(16-19)27(4,5)15-14-26(23,2)3/h8-13,16,21H,14-15,17-18H2,1-5H3,(H,28,29). The van der Waals surface area contributed by atoms with Crippen molar-refractivity contribution < 1.29 is 9.90 Å². The van der Waals surface area contributed by atoms with Crippen molar-refractivity contribution in [3.63, 3.8) is 0 Å². The molecular weight excluding hydrogens is 388 g/mol. The molecule has 2 aromatic rings. The third-order valence-electron chi connectivity index (χ3n) is 6.30. The summed E-state index contributed by atoms with van der Waals surface area (Å²) in [7, 11) is 0. The number of fused-ring (bicyclic) bond motifs is 1. The molecule has 3 rings (SSSR count). The number of hydrogen-bond acceptors (Lipinski definition) is 2. The zero-order valence-electron chi connectivity index (χ0n) is 18.7. The summed E-state index contributed by atoms with van der Waals surface area (Å²) in [5.41, 5.74) is 5.80. The number of rotatable bonds is 6. The fourth-order valence-corrected chi connectivity index (χ4v) is 5.13. The normalized spacial score (nSPS) is 17.4. The molecule has 0 heterocycles. The molecule has 0 spiro atoms. The molecule has 2 nitrogen and oxygen atoms in total. The van der Waals surface area contributed by atoms with E-state index in [0.717, 1.165) is 11.3 Å². The molecule has 1 unspecified atom stereocenters. The SMILES string of the molecule is CC#CC(CC(=O)O)c1ccc(SCc2ccc3c(c2)C(C)(C)CCC3(C)C)cc1. The first-order valence-electron chi connectivity index (χ1n) is 10.6. The van der Waals surface area contributed by atoms with Gasteiger partial charge in [-0.3, -0.25) is 4.79 Å². The van der Waals surface area contributed by atoms with E-state index in [1.807, 2.05) is 23.9 Å². The van der Waals surface area contributed by atoms with Crippen molar-refractivity contribution in [1.82, 2.24) is 0 Å². The van der Waals surface area contributed by atoms with Crippen LogP contribution in [0.2, 0.25) is 0 Å². The van der Waals surface area contributed by atoms with Gasteiger partial charge in [0.1, 0.15) is 0 Å². The molecule has 0 saturated heterocycles. The minimum absolute atomic E-state index is 0.0363. The minimum Gasteiger partial charge on any atom is -0.481 e. The Morgan fingerprint density at radius 2 is 1.67 bits per heavy atom. The highest BCUT2D eigenvalue weighted by atomic mass is 32.2. The van der Waals surface area contributed by atoms with E-state index in [2.05, 4.69) is 69.9 Å². The van der Waals surface area contributed by atoms with E-state index in [-0.39, 0.29) is 23.2 Å². The Morgan fingerprint density at radius 3 is 2.27 bits per heavy atom. The first-order valence-corrected chi connectivity index (χ1v) is 11.6. The van der Waals surface area contributed by atoms with Gasteiger partial charge in [0.25, 0.3) is 0 Å². The molecular formula is C27H32O2S. The van der Waals surface area contributed by atoms with E-state index in [9.17, 15) is 4.79 Å². The lowest BCUT2D eigenvalue weighted by molar-refractivity contribution is -0.137. The second kappa shape index (κ2) is 8.90. The van der Waals surface area contributed by atoms with Crippen LogP contribution in [0.5, 0.6) is 0 Å². The summed E-state index contributed by atoms with van der Waals surface area (Å²) in [4.78, 5) is 12.3. The highest BCUT2D eigenvalue weighted by Gasteiger charge is 2.36. The zero-order valence-corrected chi connectivity index (χ0v) is 19.5. The van der Waals surface area contributed by atoms with Crippen LogP contribution in [0.3, 0.4) is 0 Å². The van der Waals surface area contributed by atoms with Gasteiger partial charge in [-0.15, -0.1) is 17.7 Å². The lowest BCUT2D eigenvalue weighted by Crippen LogP contribution is -2.33. The molecule has 0 fully saturated rings. The lowest BCUT2D eigenvalue weighted by Gasteiger charge is -2.42. The third kappa shape index (κ3) is 5.10. The molecule has 0 aliphatic heterocycles. The minimum atomic E-state index is -0.820. The van der Waals surface area contributed by atoms with Crippen molar-refractivity contribution in [2.24, 2.45) is 0 Å². The fraction of sp³-hybridized carbons (Fsp3) is 0.444. The van der Waals surface area contributed by atoms with Crippen molar-refractivity contribution in [2.45, 2.75) is 81.3 Å². The van der Waals surface area contributed by atoms with Gasteiger partial charge in [-0.25, -0.2) is 0 Å². The first kappa shape index (κ1) is 22.5. The summed E-state index contributed by atoms with van der Waals surface area (Å²) in [6.07, 6.45) is 2.50. The van der Waals surface area contributed by atoms with Crippen LogP contribution in [0.25, 0.3) is 0 Å². The molecule has 1 aliphatic carbocycles. The fourth-order valence-electron chi connectivity index (χ4n) is 4.29. The van der Waals surface area contributed by atoms with Crippen molar-refractivity contribution in [3.05, 3.63) is 64.7 Å². The van der Waals surface area contributed by atoms with Gasteiger partial charge in [-0.2, -0.15) is 0 Å². The molecule has 158 valence electrons. The van der Waals surface area contributed by atoms with Gasteiger partial charge in [0.2, 0.25) is 0 Å². The molecule has 0 amide bonds. The van der Waals surface area contributed by atoms with Gasteiger partial charge in [-0.05, 0) is 65.0 Å². The molecule has 0 radical (unpaired) electrons. The number of thioether (sulfide) groups is 1. The van der Waals surface area contributed by atoms with Crippen LogP contribution in [-0.4, -0.2) is 11.1 Å². The number of hydrogen-bond donors (Lipinski definition) is 1. The van der Waals surface area contributed by atoms with E-state index in [0.29, 0.717) is 0 Å². The van der Waals surface area contributed by atoms with Gasteiger partial charge in [-0.1, -0.05) is 63.9 Å². The molecule has 0 bridgehead atoms. The van der Waals surface area contributed by atoms with Gasteiger partial charge < -0.3 is 5.11 Å². The zero-order chi connectivity index (χ0) is 21.9. The third-order valence-corrected chi connectivity index (χ3v) is 7.39. The molecule has 3 heteroatoms. The lowest BCUT2D eigenvalue weighted by atomic mass is 9.63. The maximum atomic E-state index is 11.1. The Labute approximate surface area is 185 Å². The molecule has 2 aromatic carbocycles. The molecule has 1 atom stereocenters. The van der Waals surface area contributed by atoms with Crippen LogP contribution in [0, 0.1) is 11.8 Å². The smallest absolute Gasteiger partial charge is 0.304 e. The summed E-state index contributed by atoms with van der Waals surface area (Å²) < 4.78 is 0. The van der Waals surface area contributed by atoms with Crippen LogP contribution < -0.4 is 0 Å². The summed E-state index contributed by atoms with van der Waals surface area (Å²) in [6, 6.07) is 15.2. The Hall–Kier alpha value is -2.18. The molecule has 1 N–H and O–H groups in total. The van der Waals surface area contributed by atoms with Crippen molar-refractivity contribution in [3.8, 4) is 11.8 Å². The monoisotopic (exact) mass is 420 g/mol. The Bertz CT molecular complexity index is 974. The summed E-state index contributed by atoms with van der Waals surface area (Å²) >= 11 is 1.82. The topological polar surface area (TPSA) is 37.3 Å². The second-order valence-electron chi connectivity index (χ2n) is 9.55. The first-order chi connectivity index (χ1) is 14.1. The average molecular weight is 421 g/mol.